The van der Waals surface area contributed by atoms with Crippen LogP contribution in [0.3, 0.4) is 0 Å². The molecular weight excluding hydrogens is 322 g/mol. The summed E-state index contributed by atoms with van der Waals surface area (Å²) in [5, 5.41) is 0. The molecule has 0 N–H and O–H groups in total. The predicted octanol–water partition coefficient (Wildman–Crippen LogP) is 2.78. The van der Waals surface area contributed by atoms with E-state index in [1.165, 1.54) is 11.1 Å². The number of amides is 1. The summed E-state index contributed by atoms with van der Waals surface area (Å²) in [6.07, 6.45) is 1.60. The molecule has 0 atom stereocenters. The Morgan fingerprint density at radius 2 is 1.50 bits per heavy atom. The highest BCUT2D eigenvalue weighted by Crippen LogP contribution is 2.27. The smallest absolute Gasteiger partial charge is 0.228 e. The molecule has 0 radical (unpaired) electrons. The van der Waals surface area contributed by atoms with Crippen LogP contribution in [0.25, 0.3) is 0 Å². The number of rotatable bonds is 5. The van der Waals surface area contributed by atoms with Gasteiger partial charge in [0.25, 0.3) is 0 Å². The maximum Gasteiger partial charge on any atom is 0.228 e. The standard InChI is InChI=1S/C22H27N3O/c26-22(25-13-10-20-8-4-5-9-21(20)25)11-12-23-14-16-24(17-15-23)18-19-6-2-1-3-7-19/h1-9H,10-18H2. The van der Waals surface area contributed by atoms with Gasteiger partial charge < -0.3 is 9.80 Å². The van der Waals surface area contributed by atoms with Crippen molar-refractivity contribution in [3.8, 4) is 0 Å². The second-order valence-corrected chi connectivity index (χ2v) is 7.28. The minimum Gasteiger partial charge on any atom is -0.312 e. The molecule has 0 spiro atoms. The lowest BCUT2D eigenvalue weighted by atomic mass is 10.2. The molecule has 2 aromatic rings. The van der Waals surface area contributed by atoms with E-state index in [2.05, 4.69) is 58.3 Å². The fourth-order valence-corrected chi connectivity index (χ4v) is 4.00. The minimum absolute atomic E-state index is 0.265. The maximum atomic E-state index is 12.6. The zero-order valence-corrected chi connectivity index (χ0v) is 15.3. The topological polar surface area (TPSA) is 26.8 Å². The van der Waals surface area contributed by atoms with Gasteiger partial charge in [0.1, 0.15) is 0 Å². The van der Waals surface area contributed by atoms with E-state index in [9.17, 15) is 4.79 Å². The number of hydrogen-bond donors (Lipinski definition) is 0. The Hall–Kier alpha value is -2.17. The summed E-state index contributed by atoms with van der Waals surface area (Å²) < 4.78 is 0. The third-order valence-electron chi connectivity index (χ3n) is 5.54. The average Bonchev–Trinajstić information content (AvgIpc) is 3.12. The molecule has 0 aromatic heterocycles. The fourth-order valence-electron chi connectivity index (χ4n) is 4.00. The molecule has 0 saturated carbocycles. The Labute approximate surface area is 156 Å². The van der Waals surface area contributed by atoms with Gasteiger partial charge in [-0.1, -0.05) is 48.5 Å². The first-order valence-corrected chi connectivity index (χ1v) is 9.66. The first kappa shape index (κ1) is 17.3. The normalized spacial score (nSPS) is 18.1. The van der Waals surface area contributed by atoms with Gasteiger partial charge in [0, 0.05) is 57.9 Å². The first-order valence-electron chi connectivity index (χ1n) is 9.66. The van der Waals surface area contributed by atoms with Crippen LogP contribution in [0.1, 0.15) is 17.5 Å². The molecule has 136 valence electrons. The van der Waals surface area contributed by atoms with Crippen molar-refractivity contribution in [1.29, 1.82) is 0 Å². The zero-order chi connectivity index (χ0) is 17.8. The number of para-hydroxylation sites is 1. The third-order valence-corrected chi connectivity index (χ3v) is 5.54. The Bertz CT molecular complexity index is 738. The van der Waals surface area contributed by atoms with E-state index in [1.807, 2.05) is 11.0 Å². The van der Waals surface area contributed by atoms with Crippen LogP contribution < -0.4 is 4.90 Å². The second kappa shape index (κ2) is 8.02. The summed E-state index contributed by atoms with van der Waals surface area (Å²) in [4.78, 5) is 19.6. The van der Waals surface area contributed by atoms with Crippen LogP contribution >= 0.6 is 0 Å². The lowest BCUT2D eigenvalue weighted by Crippen LogP contribution is -2.46. The monoisotopic (exact) mass is 349 g/mol. The maximum absolute atomic E-state index is 12.6. The van der Waals surface area contributed by atoms with Gasteiger partial charge in [0.15, 0.2) is 0 Å². The number of piperazine rings is 1. The highest BCUT2D eigenvalue weighted by Gasteiger charge is 2.25. The summed E-state index contributed by atoms with van der Waals surface area (Å²) in [5.41, 5.74) is 3.80. The van der Waals surface area contributed by atoms with Crippen LogP contribution in [0.15, 0.2) is 54.6 Å². The van der Waals surface area contributed by atoms with Gasteiger partial charge >= 0.3 is 0 Å². The Morgan fingerprint density at radius 3 is 2.31 bits per heavy atom. The SMILES string of the molecule is O=C(CCN1CCN(Cc2ccccc2)CC1)N1CCc2ccccc21. The van der Waals surface area contributed by atoms with Gasteiger partial charge in [-0.25, -0.2) is 0 Å². The molecule has 4 nitrogen and oxygen atoms in total. The van der Waals surface area contributed by atoms with Crippen LogP contribution in [-0.2, 0) is 17.8 Å². The van der Waals surface area contributed by atoms with Crippen molar-refractivity contribution < 1.29 is 4.79 Å². The van der Waals surface area contributed by atoms with E-state index in [-0.39, 0.29) is 5.91 Å². The molecule has 0 unspecified atom stereocenters. The predicted molar refractivity (Wildman–Crippen MR) is 105 cm³/mol. The van der Waals surface area contributed by atoms with Crippen LogP contribution in [-0.4, -0.2) is 55.0 Å². The molecule has 4 heteroatoms. The molecule has 2 aliphatic heterocycles. The Morgan fingerprint density at radius 1 is 0.808 bits per heavy atom. The van der Waals surface area contributed by atoms with E-state index in [4.69, 9.17) is 0 Å². The van der Waals surface area contributed by atoms with Crippen molar-refractivity contribution in [2.75, 3.05) is 44.2 Å². The summed E-state index contributed by atoms with van der Waals surface area (Å²) >= 11 is 0. The lowest BCUT2D eigenvalue weighted by molar-refractivity contribution is -0.118. The molecule has 2 aromatic carbocycles. The molecule has 2 heterocycles. The van der Waals surface area contributed by atoms with Gasteiger partial charge in [-0.15, -0.1) is 0 Å². The number of carbonyl (C=O) groups excluding carboxylic acids is 1. The van der Waals surface area contributed by atoms with Crippen LogP contribution in [0, 0.1) is 0 Å². The average molecular weight is 349 g/mol. The molecule has 1 fully saturated rings. The minimum atomic E-state index is 0.265. The molecule has 2 aliphatic rings. The first-order chi connectivity index (χ1) is 12.8. The van der Waals surface area contributed by atoms with E-state index < -0.39 is 0 Å². The number of fused-ring (bicyclic) bond motifs is 1. The number of benzene rings is 2. The van der Waals surface area contributed by atoms with Crippen molar-refractivity contribution in [1.82, 2.24) is 9.80 Å². The number of anilines is 1. The van der Waals surface area contributed by atoms with E-state index in [1.54, 1.807) is 0 Å². The molecule has 1 saturated heterocycles. The van der Waals surface area contributed by atoms with Crippen LogP contribution in [0.4, 0.5) is 5.69 Å². The van der Waals surface area contributed by atoms with Crippen molar-refractivity contribution in [2.24, 2.45) is 0 Å². The Kier molecular flexibility index (Phi) is 5.32. The van der Waals surface area contributed by atoms with Crippen LogP contribution in [0.2, 0.25) is 0 Å². The van der Waals surface area contributed by atoms with Gasteiger partial charge in [-0.05, 0) is 23.6 Å². The van der Waals surface area contributed by atoms with Gasteiger partial charge in [-0.3, -0.25) is 9.69 Å². The largest absolute Gasteiger partial charge is 0.312 e. The quantitative estimate of drug-likeness (QED) is 0.830. The van der Waals surface area contributed by atoms with Gasteiger partial charge in [-0.2, -0.15) is 0 Å². The fraction of sp³-hybridized carbons (Fsp3) is 0.409. The lowest BCUT2D eigenvalue weighted by Gasteiger charge is -2.34. The molecule has 4 rings (SSSR count). The Balaban J connectivity index is 1.22. The van der Waals surface area contributed by atoms with Crippen molar-refractivity contribution in [3.63, 3.8) is 0 Å². The molecular formula is C22H27N3O. The molecule has 0 aliphatic carbocycles. The molecule has 26 heavy (non-hydrogen) atoms. The number of carbonyl (C=O) groups is 1. The van der Waals surface area contributed by atoms with Crippen LogP contribution in [0.5, 0.6) is 0 Å². The van der Waals surface area contributed by atoms with Crippen molar-refractivity contribution >= 4 is 11.6 Å². The molecule has 0 bridgehead atoms. The summed E-state index contributed by atoms with van der Waals surface area (Å²) in [6.45, 7) is 7.00. The van der Waals surface area contributed by atoms with E-state index in [0.29, 0.717) is 6.42 Å². The van der Waals surface area contributed by atoms with Gasteiger partial charge in [0.05, 0.1) is 0 Å². The summed E-state index contributed by atoms with van der Waals surface area (Å²) in [7, 11) is 0. The second-order valence-electron chi connectivity index (χ2n) is 7.28. The third kappa shape index (κ3) is 3.97. The van der Waals surface area contributed by atoms with E-state index in [0.717, 1.165) is 57.9 Å². The van der Waals surface area contributed by atoms with Crippen molar-refractivity contribution in [3.05, 3.63) is 65.7 Å². The highest BCUT2D eigenvalue weighted by atomic mass is 16.2. The number of nitrogens with zero attached hydrogens (tertiary/aromatic N) is 3. The zero-order valence-electron chi connectivity index (χ0n) is 15.3. The summed E-state index contributed by atoms with van der Waals surface area (Å²) in [6, 6.07) is 19.0. The van der Waals surface area contributed by atoms with Gasteiger partial charge in [0.2, 0.25) is 5.91 Å². The van der Waals surface area contributed by atoms with Crippen molar-refractivity contribution in [2.45, 2.75) is 19.4 Å². The highest BCUT2D eigenvalue weighted by molar-refractivity contribution is 5.95. The number of hydrogen-bond acceptors (Lipinski definition) is 3. The summed E-state index contributed by atoms with van der Waals surface area (Å²) in [5.74, 6) is 0.265. The van der Waals surface area contributed by atoms with E-state index >= 15 is 0 Å². The molecule has 1 amide bonds.